The summed E-state index contributed by atoms with van der Waals surface area (Å²) in [5.41, 5.74) is 0.953. The molecular weight excluding hydrogens is 298 g/mol. The van der Waals surface area contributed by atoms with Crippen LogP contribution in [-0.2, 0) is 14.3 Å². The van der Waals surface area contributed by atoms with Crippen molar-refractivity contribution in [1.29, 1.82) is 0 Å². The van der Waals surface area contributed by atoms with Gasteiger partial charge < -0.3 is 9.47 Å². The molecule has 0 spiro atoms. The van der Waals surface area contributed by atoms with Crippen LogP contribution in [0.1, 0.15) is 43.5 Å². The number of carbonyl (C=O) groups excluding carboxylic acids is 3. The molecule has 1 unspecified atom stereocenters. The lowest BCUT2D eigenvalue weighted by molar-refractivity contribution is -0.144. The van der Waals surface area contributed by atoms with Crippen LogP contribution in [0, 0.1) is 0 Å². The number of methoxy groups -OCH3 is 1. The van der Waals surface area contributed by atoms with Gasteiger partial charge in [-0.2, -0.15) is 0 Å². The van der Waals surface area contributed by atoms with Gasteiger partial charge in [-0.3, -0.25) is 14.5 Å². The number of hydrogen-bond donors (Lipinski definition) is 0. The Bertz CT molecular complexity index is 625. The Kier molecular flexibility index (Phi) is 5.36. The smallest absolute Gasteiger partial charge is 0.328 e. The number of esters is 1. The van der Waals surface area contributed by atoms with Crippen molar-refractivity contribution in [2.45, 2.75) is 39.2 Å². The normalized spacial score (nSPS) is 14.7. The fourth-order valence-corrected chi connectivity index (χ4v) is 2.65. The highest BCUT2D eigenvalue weighted by molar-refractivity contribution is 6.05. The number of rotatable bonds is 6. The Labute approximate surface area is 135 Å². The van der Waals surface area contributed by atoms with Crippen LogP contribution < -0.4 is 9.64 Å². The summed E-state index contributed by atoms with van der Waals surface area (Å²) in [5, 5.41) is 0. The van der Waals surface area contributed by atoms with Gasteiger partial charge in [-0.25, -0.2) is 4.79 Å². The summed E-state index contributed by atoms with van der Waals surface area (Å²) < 4.78 is 10.2. The highest BCUT2D eigenvalue weighted by atomic mass is 16.5. The molecule has 1 atom stereocenters. The molecule has 0 aliphatic carbocycles. The molecule has 1 heterocycles. The molecule has 1 aromatic carbocycles. The maximum absolute atomic E-state index is 12.3. The van der Waals surface area contributed by atoms with E-state index in [1.807, 2.05) is 6.92 Å². The predicted octanol–water partition coefficient (Wildman–Crippen LogP) is 2.35. The number of hydrogen-bond acceptors (Lipinski definition) is 5. The van der Waals surface area contributed by atoms with Gasteiger partial charge in [-0.05, 0) is 31.0 Å². The lowest BCUT2D eigenvalue weighted by Gasteiger charge is -2.34. The summed E-state index contributed by atoms with van der Waals surface area (Å²) in [6, 6.07) is 4.24. The van der Waals surface area contributed by atoms with Crippen molar-refractivity contribution in [3.8, 4) is 5.75 Å². The van der Waals surface area contributed by atoms with Crippen LogP contribution in [0.4, 0.5) is 5.69 Å². The van der Waals surface area contributed by atoms with Gasteiger partial charge in [0.05, 0.1) is 12.8 Å². The van der Waals surface area contributed by atoms with Gasteiger partial charge in [0.1, 0.15) is 11.8 Å². The zero-order valence-corrected chi connectivity index (χ0v) is 13.6. The molecule has 0 aromatic heterocycles. The van der Waals surface area contributed by atoms with Gasteiger partial charge in [0.2, 0.25) is 0 Å². The standard InChI is InChI=1S/C17H21NO5/c1-4-6-14(19)11-7-8-15-13(9-11)18(16(20)10-23-15)12(5-2)17(21)22-3/h7-9,12H,4-6,10H2,1-3H3. The molecule has 1 aromatic rings. The minimum Gasteiger partial charge on any atom is -0.482 e. The van der Waals surface area contributed by atoms with Crippen LogP contribution in [0.2, 0.25) is 0 Å². The molecule has 0 bridgehead atoms. The quantitative estimate of drug-likeness (QED) is 0.594. The molecular formula is C17H21NO5. The van der Waals surface area contributed by atoms with E-state index in [4.69, 9.17) is 9.47 Å². The molecule has 6 heteroatoms. The van der Waals surface area contributed by atoms with E-state index in [2.05, 4.69) is 0 Å². The highest BCUT2D eigenvalue weighted by Crippen LogP contribution is 2.35. The molecule has 6 nitrogen and oxygen atoms in total. The maximum Gasteiger partial charge on any atom is 0.328 e. The Hall–Kier alpha value is -2.37. The first-order chi connectivity index (χ1) is 11.0. The third kappa shape index (κ3) is 3.36. The van der Waals surface area contributed by atoms with Gasteiger partial charge >= 0.3 is 5.97 Å². The summed E-state index contributed by atoms with van der Waals surface area (Å²) >= 11 is 0. The molecule has 124 valence electrons. The summed E-state index contributed by atoms with van der Waals surface area (Å²) in [5.74, 6) is -0.326. The average molecular weight is 319 g/mol. The van der Waals surface area contributed by atoms with E-state index in [0.29, 0.717) is 29.8 Å². The summed E-state index contributed by atoms with van der Waals surface area (Å²) in [6.45, 7) is 3.60. The number of amides is 1. The molecule has 1 amide bonds. The lowest BCUT2D eigenvalue weighted by Crippen LogP contribution is -2.49. The van der Waals surface area contributed by atoms with E-state index >= 15 is 0 Å². The van der Waals surface area contributed by atoms with Gasteiger partial charge in [0.15, 0.2) is 12.4 Å². The molecule has 1 aliphatic rings. The number of ether oxygens (including phenoxy) is 2. The molecule has 0 saturated heterocycles. The third-order valence-corrected chi connectivity index (χ3v) is 3.81. The minimum atomic E-state index is -0.730. The number of ketones is 1. The van der Waals surface area contributed by atoms with Gasteiger partial charge in [-0.15, -0.1) is 0 Å². The number of anilines is 1. The molecule has 0 radical (unpaired) electrons. The second-order valence-corrected chi connectivity index (χ2v) is 5.36. The number of carbonyl (C=O) groups is 3. The van der Waals surface area contributed by atoms with E-state index in [-0.39, 0.29) is 18.3 Å². The average Bonchev–Trinajstić information content (AvgIpc) is 2.56. The van der Waals surface area contributed by atoms with Crippen molar-refractivity contribution in [2.75, 3.05) is 18.6 Å². The largest absolute Gasteiger partial charge is 0.482 e. The third-order valence-electron chi connectivity index (χ3n) is 3.81. The molecule has 0 N–H and O–H groups in total. The predicted molar refractivity (Wildman–Crippen MR) is 84.8 cm³/mol. The monoisotopic (exact) mass is 319 g/mol. The number of fused-ring (bicyclic) bond motifs is 1. The summed E-state index contributed by atoms with van der Waals surface area (Å²) in [4.78, 5) is 37.8. The Morgan fingerprint density at radius 2 is 2.09 bits per heavy atom. The van der Waals surface area contributed by atoms with E-state index in [0.717, 1.165) is 6.42 Å². The SMILES string of the molecule is CCCC(=O)c1ccc2c(c1)N(C(CC)C(=O)OC)C(=O)CO2. The number of nitrogens with zero attached hydrogens (tertiary/aromatic N) is 1. The van der Waals surface area contributed by atoms with Crippen molar-refractivity contribution < 1.29 is 23.9 Å². The van der Waals surface area contributed by atoms with Crippen LogP contribution in [0.3, 0.4) is 0 Å². The molecule has 0 saturated carbocycles. The van der Waals surface area contributed by atoms with E-state index in [1.165, 1.54) is 12.0 Å². The van der Waals surface area contributed by atoms with Crippen molar-refractivity contribution >= 4 is 23.3 Å². The van der Waals surface area contributed by atoms with E-state index in [1.54, 1.807) is 25.1 Å². The van der Waals surface area contributed by atoms with Crippen LogP contribution in [0.15, 0.2) is 18.2 Å². The molecule has 1 aliphatic heterocycles. The number of benzene rings is 1. The second kappa shape index (κ2) is 7.26. The number of Topliss-reactive ketones (excluding diaryl/α,β-unsaturated/α-hetero) is 1. The Balaban J connectivity index is 2.46. The summed E-state index contributed by atoms with van der Waals surface area (Å²) in [6.07, 6.45) is 1.58. The Morgan fingerprint density at radius 1 is 1.35 bits per heavy atom. The van der Waals surface area contributed by atoms with Crippen LogP contribution in [-0.4, -0.2) is 37.4 Å². The van der Waals surface area contributed by atoms with E-state index in [9.17, 15) is 14.4 Å². The topological polar surface area (TPSA) is 72.9 Å². The van der Waals surface area contributed by atoms with E-state index < -0.39 is 12.0 Å². The first-order valence-corrected chi connectivity index (χ1v) is 7.73. The fraction of sp³-hybridized carbons (Fsp3) is 0.471. The summed E-state index contributed by atoms with van der Waals surface area (Å²) in [7, 11) is 1.29. The molecule has 0 fully saturated rings. The molecule has 2 rings (SSSR count). The first-order valence-electron chi connectivity index (χ1n) is 7.73. The van der Waals surface area contributed by atoms with Gasteiger partial charge in [-0.1, -0.05) is 13.8 Å². The lowest BCUT2D eigenvalue weighted by atomic mass is 10.0. The van der Waals surface area contributed by atoms with Gasteiger partial charge in [0.25, 0.3) is 5.91 Å². The van der Waals surface area contributed by atoms with Crippen molar-refractivity contribution in [2.24, 2.45) is 0 Å². The second-order valence-electron chi connectivity index (χ2n) is 5.36. The van der Waals surface area contributed by atoms with Crippen LogP contribution in [0.25, 0.3) is 0 Å². The zero-order chi connectivity index (χ0) is 17.0. The van der Waals surface area contributed by atoms with Gasteiger partial charge in [0, 0.05) is 12.0 Å². The minimum absolute atomic E-state index is 0.000566. The maximum atomic E-state index is 12.3. The fourth-order valence-electron chi connectivity index (χ4n) is 2.65. The van der Waals surface area contributed by atoms with Crippen molar-refractivity contribution in [3.63, 3.8) is 0 Å². The van der Waals surface area contributed by atoms with Crippen molar-refractivity contribution in [3.05, 3.63) is 23.8 Å². The van der Waals surface area contributed by atoms with Crippen LogP contribution in [0.5, 0.6) is 5.75 Å². The molecule has 23 heavy (non-hydrogen) atoms. The first kappa shape index (κ1) is 17.0. The zero-order valence-electron chi connectivity index (χ0n) is 13.6. The van der Waals surface area contributed by atoms with Crippen LogP contribution >= 0.6 is 0 Å². The van der Waals surface area contributed by atoms with Crippen molar-refractivity contribution in [1.82, 2.24) is 0 Å². The highest BCUT2D eigenvalue weighted by Gasteiger charge is 2.35. The Morgan fingerprint density at radius 3 is 2.70 bits per heavy atom.